The second-order valence-electron chi connectivity index (χ2n) is 6.59. The Hall–Kier alpha value is -0.160. The van der Waals surface area contributed by atoms with E-state index in [0.717, 1.165) is 12.5 Å². The minimum atomic E-state index is 0.917. The predicted octanol–water partition coefficient (Wildman–Crippen LogP) is 1.37. The van der Waals surface area contributed by atoms with Crippen LogP contribution in [0.15, 0.2) is 0 Å². The number of rotatable bonds is 7. The minimum absolute atomic E-state index is 0.917. The van der Waals surface area contributed by atoms with Crippen LogP contribution < -0.4 is 0 Å². The standard InChI is InChI=1S/C16H33N3O/c1-17-10-12-19(13-11-17)15-16-5-8-18(9-6-16)7-3-4-14-20-2/h16H,3-15H2,1-2H3. The van der Waals surface area contributed by atoms with Gasteiger partial charge in [0.1, 0.15) is 0 Å². The Kier molecular flexibility index (Phi) is 7.28. The molecule has 0 aromatic carbocycles. The fraction of sp³-hybridized carbons (Fsp3) is 1.00. The molecule has 2 aliphatic rings. The fourth-order valence-electron chi connectivity index (χ4n) is 3.37. The number of likely N-dealkylation sites (N-methyl/N-ethyl adjacent to an activating group) is 1. The predicted molar refractivity (Wildman–Crippen MR) is 84.2 cm³/mol. The largest absolute Gasteiger partial charge is 0.385 e. The van der Waals surface area contributed by atoms with Crippen LogP contribution in [-0.2, 0) is 4.74 Å². The average Bonchev–Trinajstić information content (AvgIpc) is 2.48. The van der Waals surface area contributed by atoms with Crippen molar-refractivity contribution in [3.05, 3.63) is 0 Å². The van der Waals surface area contributed by atoms with Crippen LogP contribution in [0.2, 0.25) is 0 Å². The summed E-state index contributed by atoms with van der Waals surface area (Å²) in [5.74, 6) is 0.939. The van der Waals surface area contributed by atoms with Crippen molar-refractivity contribution in [1.29, 1.82) is 0 Å². The minimum Gasteiger partial charge on any atom is -0.385 e. The molecule has 0 aromatic heterocycles. The highest BCUT2D eigenvalue weighted by molar-refractivity contribution is 4.77. The van der Waals surface area contributed by atoms with Crippen LogP contribution >= 0.6 is 0 Å². The number of hydrogen-bond donors (Lipinski definition) is 0. The van der Waals surface area contributed by atoms with E-state index in [2.05, 4.69) is 21.7 Å². The van der Waals surface area contributed by atoms with E-state index in [1.54, 1.807) is 7.11 Å². The lowest BCUT2D eigenvalue weighted by atomic mass is 9.95. The van der Waals surface area contributed by atoms with Crippen molar-refractivity contribution in [3.63, 3.8) is 0 Å². The van der Waals surface area contributed by atoms with Crippen molar-refractivity contribution in [3.8, 4) is 0 Å². The van der Waals surface area contributed by atoms with Gasteiger partial charge in [-0.15, -0.1) is 0 Å². The van der Waals surface area contributed by atoms with Crippen molar-refractivity contribution in [2.75, 3.05) is 73.1 Å². The van der Waals surface area contributed by atoms with Gasteiger partial charge in [0.2, 0.25) is 0 Å². The molecular formula is C16H33N3O. The fourth-order valence-corrected chi connectivity index (χ4v) is 3.37. The van der Waals surface area contributed by atoms with E-state index in [1.807, 2.05) is 0 Å². The highest BCUT2D eigenvalue weighted by Crippen LogP contribution is 2.19. The molecule has 2 saturated heterocycles. The first-order valence-corrected chi connectivity index (χ1v) is 8.40. The molecule has 0 amide bonds. The van der Waals surface area contributed by atoms with Crippen LogP contribution in [0, 0.1) is 5.92 Å². The summed E-state index contributed by atoms with van der Waals surface area (Å²) in [6.45, 7) is 11.2. The number of methoxy groups -OCH3 is 1. The SMILES string of the molecule is COCCCCN1CCC(CN2CCN(C)CC2)CC1. The Labute approximate surface area is 125 Å². The lowest BCUT2D eigenvalue weighted by Gasteiger charge is -2.38. The summed E-state index contributed by atoms with van der Waals surface area (Å²) in [5, 5.41) is 0. The third-order valence-corrected chi connectivity index (χ3v) is 4.89. The summed E-state index contributed by atoms with van der Waals surface area (Å²) in [6.07, 6.45) is 5.29. The first-order valence-electron chi connectivity index (χ1n) is 8.40. The monoisotopic (exact) mass is 283 g/mol. The van der Waals surface area contributed by atoms with Gasteiger partial charge in [0.15, 0.2) is 0 Å². The lowest BCUT2D eigenvalue weighted by Crippen LogP contribution is -2.47. The maximum atomic E-state index is 5.11. The van der Waals surface area contributed by atoms with Gasteiger partial charge < -0.3 is 19.4 Å². The Balaban J connectivity index is 1.55. The zero-order chi connectivity index (χ0) is 14.2. The van der Waals surface area contributed by atoms with Crippen molar-refractivity contribution in [1.82, 2.24) is 14.7 Å². The van der Waals surface area contributed by atoms with E-state index in [1.165, 1.54) is 78.0 Å². The van der Waals surface area contributed by atoms with Crippen molar-refractivity contribution < 1.29 is 4.74 Å². The molecular weight excluding hydrogens is 250 g/mol. The first kappa shape index (κ1) is 16.2. The third-order valence-electron chi connectivity index (χ3n) is 4.89. The van der Waals surface area contributed by atoms with E-state index < -0.39 is 0 Å². The van der Waals surface area contributed by atoms with Gasteiger partial charge in [-0.1, -0.05) is 0 Å². The number of piperidine rings is 1. The molecule has 0 aliphatic carbocycles. The summed E-state index contributed by atoms with van der Waals surface area (Å²) in [4.78, 5) is 7.77. The summed E-state index contributed by atoms with van der Waals surface area (Å²) in [6, 6.07) is 0. The van der Waals surface area contributed by atoms with E-state index in [4.69, 9.17) is 4.74 Å². The smallest absolute Gasteiger partial charge is 0.0462 e. The molecule has 20 heavy (non-hydrogen) atoms. The van der Waals surface area contributed by atoms with Gasteiger partial charge in [-0.05, 0) is 58.3 Å². The van der Waals surface area contributed by atoms with Gasteiger partial charge in [-0.25, -0.2) is 0 Å². The molecule has 2 aliphatic heterocycles. The van der Waals surface area contributed by atoms with Crippen LogP contribution in [0.25, 0.3) is 0 Å². The Bertz CT molecular complexity index is 246. The molecule has 4 nitrogen and oxygen atoms in total. The summed E-state index contributed by atoms with van der Waals surface area (Å²) in [5.41, 5.74) is 0. The second-order valence-corrected chi connectivity index (χ2v) is 6.59. The molecule has 0 N–H and O–H groups in total. The van der Waals surface area contributed by atoms with Crippen LogP contribution in [-0.4, -0.2) is 87.8 Å². The van der Waals surface area contributed by atoms with E-state index in [-0.39, 0.29) is 0 Å². The van der Waals surface area contributed by atoms with Gasteiger partial charge in [0.05, 0.1) is 0 Å². The molecule has 0 atom stereocenters. The first-order chi connectivity index (χ1) is 9.78. The number of piperazine rings is 1. The van der Waals surface area contributed by atoms with Crippen LogP contribution in [0.1, 0.15) is 25.7 Å². The van der Waals surface area contributed by atoms with Crippen molar-refractivity contribution in [2.24, 2.45) is 5.92 Å². The molecule has 0 bridgehead atoms. The summed E-state index contributed by atoms with van der Waals surface area (Å²) >= 11 is 0. The Morgan fingerprint density at radius 1 is 0.900 bits per heavy atom. The van der Waals surface area contributed by atoms with Crippen LogP contribution in [0.5, 0.6) is 0 Å². The molecule has 0 saturated carbocycles. The topological polar surface area (TPSA) is 19.0 Å². The highest BCUT2D eigenvalue weighted by atomic mass is 16.5. The lowest BCUT2D eigenvalue weighted by molar-refractivity contribution is 0.104. The quantitative estimate of drug-likeness (QED) is 0.657. The molecule has 2 rings (SSSR count). The van der Waals surface area contributed by atoms with Gasteiger partial charge in [-0.2, -0.15) is 0 Å². The van der Waals surface area contributed by atoms with Crippen LogP contribution in [0.3, 0.4) is 0 Å². The molecule has 0 spiro atoms. The maximum absolute atomic E-state index is 5.11. The normalized spacial score (nSPS) is 24.3. The molecule has 4 heteroatoms. The van der Waals surface area contributed by atoms with Crippen molar-refractivity contribution >= 4 is 0 Å². The van der Waals surface area contributed by atoms with E-state index in [9.17, 15) is 0 Å². The van der Waals surface area contributed by atoms with E-state index >= 15 is 0 Å². The molecule has 2 fully saturated rings. The summed E-state index contributed by atoms with van der Waals surface area (Å²) in [7, 11) is 4.03. The molecule has 0 radical (unpaired) electrons. The zero-order valence-corrected chi connectivity index (χ0v) is 13.5. The van der Waals surface area contributed by atoms with Gasteiger partial charge in [0.25, 0.3) is 0 Å². The highest BCUT2D eigenvalue weighted by Gasteiger charge is 2.22. The number of unbranched alkanes of at least 4 members (excludes halogenated alkanes) is 1. The zero-order valence-electron chi connectivity index (χ0n) is 13.5. The molecule has 0 aromatic rings. The number of ether oxygens (including phenoxy) is 1. The number of nitrogens with zero attached hydrogens (tertiary/aromatic N) is 3. The second kappa shape index (κ2) is 8.98. The average molecular weight is 283 g/mol. The number of likely N-dealkylation sites (tertiary alicyclic amines) is 1. The van der Waals surface area contributed by atoms with Gasteiger partial charge >= 0.3 is 0 Å². The molecule has 0 unspecified atom stereocenters. The molecule has 118 valence electrons. The van der Waals surface area contributed by atoms with Crippen LogP contribution in [0.4, 0.5) is 0 Å². The van der Waals surface area contributed by atoms with E-state index in [0.29, 0.717) is 0 Å². The van der Waals surface area contributed by atoms with Gasteiger partial charge in [-0.3, -0.25) is 0 Å². The molecule has 2 heterocycles. The summed E-state index contributed by atoms with van der Waals surface area (Å²) < 4.78 is 5.11. The van der Waals surface area contributed by atoms with Gasteiger partial charge in [0, 0.05) is 46.4 Å². The van der Waals surface area contributed by atoms with Crippen molar-refractivity contribution in [2.45, 2.75) is 25.7 Å². The third kappa shape index (κ3) is 5.68. The maximum Gasteiger partial charge on any atom is 0.0462 e. The Morgan fingerprint density at radius 2 is 1.60 bits per heavy atom. The Morgan fingerprint density at radius 3 is 2.25 bits per heavy atom. The number of hydrogen-bond acceptors (Lipinski definition) is 4.